The van der Waals surface area contributed by atoms with E-state index in [9.17, 15) is 22.0 Å². The molecule has 0 aromatic heterocycles. The third-order valence-electron chi connectivity index (χ3n) is 9.32. The van der Waals surface area contributed by atoms with Crippen LogP contribution in [0.3, 0.4) is 0 Å². The Kier molecular flexibility index (Phi) is 9.92. The average Bonchev–Trinajstić information content (AvgIpc) is 3.45. The standard InChI is InChI=1S/C27H45F5O/c1-3-5-6-7-9-21-16-22(25-11-8-10-24(21)25)13-12-20-14-19(4-2)15-23(20)17-33-18-26(28,29)27(30,31)32/h19-25H,3-18H2,1-2H3. The number of ether oxygens (including phenoxy) is 1. The highest BCUT2D eigenvalue weighted by Crippen LogP contribution is 2.54. The van der Waals surface area contributed by atoms with Gasteiger partial charge in [0.05, 0.1) is 0 Å². The lowest BCUT2D eigenvalue weighted by molar-refractivity contribution is -0.297. The monoisotopic (exact) mass is 480 g/mol. The van der Waals surface area contributed by atoms with E-state index in [0.717, 1.165) is 49.4 Å². The van der Waals surface area contributed by atoms with Crippen LogP contribution in [0.2, 0.25) is 0 Å². The van der Waals surface area contributed by atoms with E-state index in [1.165, 1.54) is 64.2 Å². The third-order valence-corrected chi connectivity index (χ3v) is 9.32. The summed E-state index contributed by atoms with van der Waals surface area (Å²) in [5, 5.41) is 0. The highest BCUT2D eigenvalue weighted by atomic mass is 19.4. The molecule has 0 aromatic rings. The lowest BCUT2D eigenvalue weighted by atomic mass is 9.83. The zero-order valence-electron chi connectivity index (χ0n) is 20.7. The summed E-state index contributed by atoms with van der Waals surface area (Å²) in [5.74, 6) is -0.264. The van der Waals surface area contributed by atoms with Crippen molar-refractivity contribution in [3.63, 3.8) is 0 Å². The molecule has 0 heterocycles. The molecule has 6 heteroatoms. The topological polar surface area (TPSA) is 9.23 Å². The van der Waals surface area contributed by atoms with E-state index < -0.39 is 18.7 Å². The molecule has 0 spiro atoms. The van der Waals surface area contributed by atoms with Gasteiger partial charge in [-0.1, -0.05) is 58.8 Å². The molecule has 0 N–H and O–H groups in total. The second-order valence-corrected chi connectivity index (χ2v) is 11.4. The summed E-state index contributed by atoms with van der Waals surface area (Å²) in [4.78, 5) is 0. The van der Waals surface area contributed by atoms with Gasteiger partial charge < -0.3 is 4.74 Å². The molecule has 0 bridgehead atoms. The lowest BCUT2D eigenvalue weighted by Gasteiger charge is -2.25. The van der Waals surface area contributed by atoms with Gasteiger partial charge in [-0.25, -0.2) is 0 Å². The zero-order chi connectivity index (χ0) is 24.1. The van der Waals surface area contributed by atoms with Crippen molar-refractivity contribution in [3.05, 3.63) is 0 Å². The van der Waals surface area contributed by atoms with Crippen molar-refractivity contribution in [2.24, 2.45) is 41.4 Å². The fourth-order valence-electron chi connectivity index (χ4n) is 7.50. The normalized spacial score (nSPS) is 34.8. The number of halogens is 5. The molecule has 3 rings (SSSR count). The van der Waals surface area contributed by atoms with Gasteiger partial charge in [-0.15, -0.1) is 0 Å². The van der Waals surface area contributed by atoms with E-state index in [2.05, 4.69) is 13.8 Å². The van der Waals surface area contributed by atoms with Gasteiger partial charge in [-0.05, 0) is 86.4 Å². The zero-order valence-corrected chi connectivity index (χ0v) is 20.7. The maximum Gasteiger partial charge on any atom is 0.455 e. The van der Waals surface area contributed by atoms with E-state index in [1.807, 2.05) is 0 Å². The first-order valence-electron chi connectivity index (χ1n) is 13.7. The minimum Gasteiger partial charge on any atom is -0.375 e. The number of alkyl halides is 5. The number of rotatable bonds is 13. The van der Waals surface area contributed by atoms with Gasteiger partial charge >= 0.3 is 12.1 Å². The SMILES string of the molecule is CCCCCCC1CC(CCC2CC(CC)CC2COCC(F)(F)C(F)(F)F)C2CCCC12. The molecule has 3 fully saturated rings. The molecule has 7 unspecified atom stereocenters. The van der Waals surface area contributed by atoms with E-state index >= 15 is 0 Å². The predicted molar refractivity (Wildman–Crippen MR) is 122 cm³/mol. The van der Waals surface area contributed by atoms with Gasteiger partial charge in [-0.3, -0.25) is 0 Å². The summed E-state index contributed by atoms with van der Waals surface area (Å²) in [7, 11) is 0. The van der Waals surface area contributed by atoms with Crippen LogP contribution in [0.1, 0.15) is 104 Å². The molecule has 0 aromatic carbocycles. The lowest BCUT2D eigenvalue weighted by Crippen LogP contribution is -2.41. The van der Waals surface area contributed by atoms with E-state index in [1.54, 1.807) is 0 Å². The first kappa shape index (κ1) is 27.2. The number of hydrogen-bond donors (Lipinski definition) is 0. The Bertz CT molecular complexity index is 577. The Labute approximate surface area is 197 Å². The molecule has 0 saturated heterocycles. The molecular weight excluding hydrogens is 435 g/mol. The maximum atomic E-state index is 13.2. The Morgan fingerprint density at radius 1 is 0.727 bits per heavy atom. The summed E-state index contributed by atoms with van der Waals surface area (Å²) in [6.07, 6.45) is 11.9. The molecule has 0 radical (unpaired) electrons. The molecule has 0 aliphatic heterocycles. The molecule has 7 atom stereocenters. The van der Waals surface area contributed by atoms with E-state index in [0.29, 0.717) is 11.8 Å². The van der Waals surface area contributed by atoms with Crippen LogP contribution in [0.15, 0.2) is 0 Å². The van der Waals surface area contributed by atoms with Crippen LogP contribution in [0, 0.1) is 41.4 Å². The molecule has 3 aliphatic rings. The van der Waals surface area contributed by atoms with Crippen molar-refractivity contribution < 1.29 is 26.7 Å². The molecule has 3 aliphatic carbocycles. The van der Waals surface area contributed by atoms with Gasteiger partial charge in [0.1, 0.15) is 6.61 Å². The van der Waals surface area contributed by atoms with Crippen molar-refractivity contribution in [3.8, 4) is 0 Å². The Morgan fingerprint density at radius 3 is 2.00 bits per heavy atom. The summed E-state index contributed by atoms with van der Waals surface area (Å²) in [6.45, 7) is 2.88. The molecule has 3 saturated carbocycles. The molecular formula is C27H45F5O. The smallest absolute Gasteiger partial charge is 0.375 e. The summed E-state index contributed by atoms with van der Waals surface area (Å²) >= 11 is 0. The van der Waals surface area contributed by atoms with Gasteiger partial charge in [0.2, 0.25) is 0 Å². The summed E-state index contributed by atoms with van der Waals surface area (Å²) in [6, 6.07) is 0. The van der Waals surface area contributed by atoms with Crippen molar-refractivity contribution in [1.82, 2.24) is 0 Å². The minimum atomic E-state index is -5.54. The van der Waals surface area contributed by atoms with Gasteiger partial charge in [0, 0.05) is 6.61 Å². The maximum absolute atomic E-state index is 13.2. The second-order valence-electron chi connectivity index (χ2n) is 11.4. The van der Waals surface area contributed by atoms with Crippen LogP contribution in [0.4, 0.5) is 22.0 Å². The van der Waals surface area contributed by atoms with Crippen LogP contribution in [-0.4, -0.2) is 25.3 Å². The first-order valence-corrected chi connectivity index (χ1v) is 13.7. The van der Waals surface area contributed by atoms with Crippen LogP contribution < -0.4 is 0 Å². The van der Waals surface area contributed by atoms with Crippen LogP contribution in [0.5, 0.6) is 0 Å². The largest absolute Gasteiger partial charge is 0.455 e. The van der Waals surface area contributed by atoms with Gasteiger partial charge in [-0.2, -0.15) is 22.0 Å². The predicted octanol–water partition coefficient (Wildman–Crippen LogP) is 9.06. The highest BCUT2D eigenvalue weighted by molar-refractivity contribution is 4.95. The van der Waals surface area contributed by atoms with E-state index in [4.69, 9.17) is 4.74 Å². The molecule has 1 nitrogen and oxygen atoms in total. The fourth-order valence-corrected chi connectivity index (χ4v) is 7.50. The summed E-state index contributed by atoms with van der Waals surface area (Å²) in [5.41, 5.74) is 0. The van der Waals surface area contributed by atoms with Gasteiger partial charge in [0.25, 0.3) is 0 Å². The van der Waals surface area contributed by atoms with Crippen molar-refractivity contribution in [2.45, 2.75) is 116 Å². The Morgan fingerprint density at radius 2 is 1.36 bits per heavy atom. The third kappa shape index (κ3) is 7.07. The first-order chi connectivity index (χ1) is 15.7. The molecule has 33 heavy (non-hydrogen) atoms. The van der Waals surface area contributed by atoms with Gasteiger partial charge in [0.15, 0.2) is 0 Å². The highest BCUT2D eigenvalue weighted by Gasteiger charge is 2.57. The molecule has 0 amide bonds. The molecule has 194 valence electrons. The minimum absolute atomic E-state index is 0.0314. The number of unbranched alkanes of at least 4 members (excludes halogenated alkanes) is 3. The average molecular weight is 481 g/mol. The fraction of sp³-hybridized carbons (Fsp3) is 1.00. The second kappa shape index (κ2) is 12.0. The summed E-state index contributed by atoms with van der Waals surface area (Å²) < 4.78 is 68.8. The number of hydrogen-bond acceptors (Lipinski definition) is 1. The Balaban J connectivity index is 1.48. The van der Waals surface area contributed by atoms with Crippen LogP contribution in [-0.2, 0) is 4.74 Å². The van der Waals surface area contributed by atoms with Crippen molar-refractivity contribution in [1.29, 1.82) is 0 Å². The van der Waals surface area contributed by atoms with Crippen LogP contribution in [0.25, 0.3) is 0 Å². The van der Waals surface area contributed by atoms with Crippen molar-refractivity contribution in [2.75, 3.05) is 13.2 Å². The Hall–Kier alpha value is -0.390. The van der Waals surface area contributed by atoms with E-state index in [-0.39, 0.29) is 12.5 Å². The quantitative estimate of drug-likeness (QED) is 0.189. The van der Waals surface area contributed by atoms with Crippen molar-refractivity contribution >= 4 is 0 Å². The van der Waals surface area contributed by atoms with Crippen LogP contribution >= 0.6 is 0 Å². The number of fused-ring (bicyclic) bond motifs is 1.